The summed E-state index contributed by atoms with van der Waals surface area (Å²) in [4.78, 5) is 66.5. The number of hydrogen-bond donors (Lipinski definition) is 5. The van der Waals surface area contributed by atoms with Crippen molar-refractivity contribution in [2.24, 2.45) is 5.73 Å². The van der Waals surface area contributed by atoms with E-state index < -0.39 is 71.7 Å². The first kappa shape index (κ1) is 36.9. The van der Waals surface area contributed by atoms with Crippen molar-refractivity contribution in [2.45, 2.75) is 82.2 Å². The van der Waals surface area contributed by atoms with Crippen molar-refractivity contribution in [3.8, 4) is 0 Å². The van der Waals surface area contributed by atoms with Crippen LogP contribution in [0, 0.1) is 0 Å². The van der Waals surface area contributed by atoms with Crippen molar-refractivity contribution >= 4 is 29.7 Å². The highest BCUT2D eigenvalue weighted by molar-refractivity contribution is 5.93. The SMILES string of the molecule is COC1(OC)C[C@@H](C(=O)NC(C)(C)C)N(C(=O)[C@@H](O)[C@H](Cc2ccccc2)NC(=O)[C@H](CC(N)=O)NC(=O)OCc2ccccc2)C1. The summed E-state index contributed by atoms with van der Waals surface area (Å²) in [5.74, 6) is -4.43. The number of amides is 5. The first-order chi connectivity index (χ1) is 22.2. The van der Waals surface area contributed by atoms with Crippen molar-refractivity contribution in [2.75, 3.05) is 20.8 Å². The predicted molar refractivity (Wildman–Crippen MR) is 170 cm³/mol. The highest BCUT2D eigenvalue weighted by Gasteiger charge is 2.52. The van der Waals surface area contributed by atoms with Gasteiger partial charge < -0.3 is 45.9 Å². The smallest absolute Gasteiger partial charge is 0.408 e. The molecule has 47 heavy (non-hydrogen) atoms. The lowest BCUT2D eigenvalue weighted by Gasteiger charge is -2.32. The van der Waals surface area contributed by atoms with Gasteiger partial charge in [0, 0.05) is 26.2 Å². The fourth-order valence-electron chi connectivity index (χ4n) is 5.19. The van der Waals surface area contributed by atoms with Gasteiger partial charge in [-0.25, -0.2) is 4.79 Å². The number of nitrogens with one attached hydrogen (secondary N) is 3. The molecule has 5 amide bonds. The van der Waals surface area contributed by atoms with E-state index in [1.807, 2.05) is 0 Å². The molecular formula is C33H45N5O9. The van der Waals surface area contributed by atoms with Crippen LogP contribution in [-0.4, -0.2) is 96.0 Å². The standard InChI is InChI=1S/C33H45N5O9/c1-32(2,3)37-29(42)25-18-33(45-4,46-5)20-38(25)30(43)27(40)23(16-21-12-8-6-9-13-21)35-28(41)24(17-26(34)39)36-31(44)47-19-22-14-10-7-11-15-22/h6-15,23-25,27,40H,16-20H2,1-5H3,(H2,34,39)(H,35,41)(H,36,44)(H,37,42)/t23-,24-,25-,27-/m0/s1. The van der Waals surface area contributed by atoms with E-state index in [0.29, 0.717) is 11.1 Å². The third-order valence-corrected chi connectivity index (χ3v) is 7.61. The fourth-order valence-corrected chi connectivity index (χ4v) is 5.19. The van der Waals surface area contributed by atoms with E-state index in [-0.39, 0.29) is 26.0 Å². The topological polar surface area (TPSA) is 199 Å². The average Bonchev–Trinajstić information content (AvgIpc) is 3.43. The van der Waals surface area contributed by atoms with Crippen LogP contribution in [0.5, 0.6) is 0 Å². The lowest BCUT2D eigenvalue weighted by atomic mass is 9.99. The Morgan fingerprint density at radius 3 is 2.06 bits per heavy atom. The predicted octanol–water partition coefficient (Wildman–Crippen LogP) is 0.750. The fraction of sp³-hybridized carbons (Fsp3) is 0.485. The zero-order chi connectivity index (χ0) is 34.8. The molecule has 0 saturated carbocycles. The molecular weight excluding hydrogens is 610 g/mol. The Hall–Kier alpha value is -4.53. The van der Waals surface area contributed by atoms with Crippen LogP contribution in [0.2, 0.25) is 0 Å². The van der Waals surface area contributed by atoms with Crippen LogP contribution in [-0.2, 0) is 46.4 Å². The molecule has 6 N–H and O–H groups in total. The minimum atomic E-state index is -1.87. The van der Waals surface area contributed by atoms with E-state index >= 15 is 0 Å². The van der Waals surface area contributed by atoms with Crippen LogP contribution in [0.15, 0.2) is 60.7 Å². The number of nitrogens with two attached hydrogens (primary N) is 1. The van der Waals surface area contributed by atoms with E-state index in [1.165, 1.54) is 19.1 Å². The molecule has 14 nitrogen and oxygen atoms in total. The molecule has 256 valence electrons. The van der Waals surface area contributed by atoms with Crippen LogP contribution < -0.4 is 21.7 Å². The summed E-state index contributed by atoms with van der Waals surface area (Å²) in [6.45, 7) is 5.11. The Labute approximate surface area is 274 Å². The van der Waals surface area contributed by atoms with Crippen LogP contribution in [0.4, 0.5) is 4.79 Å². The molecule has 0 bridgehead atoms. The Morgan fingerprint density at radius 1 is 0.957 bits per heavy atom. The second-order valence-corrected chi connectivity index (χ2v) is 12.4. The number of methoxy groups -OCH3 is 2. The highest BCUT2D eigenvalue weighted by atomic mass is 16.7. The monoisotopic (exact) mass is 655 g/mol. The van der Waals surface area contributed by atoms with Crippen LogP contribution in [0.1, 0.15) is 44.7 Å². The number of carbonyl (C=O) groups excluding carboxylic acids is 5. The van der Waals surface area contributed by atoms with E-state index in [0.717, 1.165) is 0 Å². The number of rotatable bonds is 14. The average molecular weight is 656 g/mol. The molecule has 1 fully saturated rings. The second-order valence-electron chi connectivity index (χ2n) is 12.4. The molecule has 0 radical (unpaired) electrons. The third kappa shape index (κ3) is 10.8. The highest BCUT2D eigenvalue weighted by Crippen LogP contribution is 2.32. The number of hydrogen-bond acceptors (Lipinski definition) is 9. The largest absolute Gasteiger partial charge is 0.445 e. The van der Waals surface area contributed by atoms with Gasteiger partial charge in [0.25, 0.3) is 5.91 Å². The number of primary amides is 1. The summed E-state index contributed by atoms with van der Waals surface area (Å²) >= 11 is 0. The zero-order valence-electron chi connectivity index (χ0n) is 27.4. The van der Waals surface area contributed by atoms with Crippen LogP contribution in [0.3, 0.4) is 0 Å². The zero-order valence-corrected chi connectivity index (χ0v) is 27.4. The Morgan fingerprint density at radius 2 is 1.53 bits per heavy atom. The van der Waals surface area contributed by atoms with Crippen molar-refractivity contribution in [1.29, 1.82) is 0 Å². The molecule has 0 aliphatic carbocycles. The number of carbonyl (C=O) groups is 5. The number of nitrogens with zero attached hydrogens (tertiary/aromatic N) is 1. The minimum absolute atomic E-state index is 0.00815. The molecule has 3 rings (SSSR count). The van der Waals surface area contributed by atoms with Crippen molar-refractivity contribution < 1.29 is 43.3 Å². The Balaban J connectivity index is 1.85. The maximum atomic E-state index is 14.0. The molecule has 0 unspecified atom stereocenters. The van der Waals surface area contributed by atoms with E-state index in [4.69, 9.17) is 19.9 Å². The van der Waals surface area contributed by atoms with Crippen molar-refractivity contribution in [3.05, 3.63) is 71.8 Å². The molecule has 4 atom stereocenters. The molecule has 1 saturated heterocycles. The van der Waals surface area contributed by atoms with Crippen LogP contribution in [0.25, 0.3) is 0 Å². The van der Waals surface area contributed by atoms with Gasteiger partial charge in [-0.15, -0.1) is 0 Å². The van der Waals surface area contributed by atoms with Crippen molar-refractivity contribution in [3.63, 3.8) is 0 Å². The molecule has 1 heterocycles. The summed E-state index contributed by atoms with van der Waals surface area (Å²) in [5.41, 5.74) is 6.12. The molecule has 0 aromatic heterocycles. The van der Waals surface area contributed by atoms with Gasteiger partial charge in [-0.3, -0.25) is 19.2 Å². The van der Waals surface area contributed by atoms with Crippen molar-refractivity contribution in [1.82, 2.24) is 20.9 Å². The molecule has 1 aliphatic rings. The molecule has 1 aliphatic heterocycles. The van der Waals surface area contributed by atoms with Gasteiger partial charge in [-0.2, -0.15) is 0 Å². The summed E-state index contributed by atoms with van der Waals surface area (Å²) in [5, 5.41) is 19.3. The number of ether oxygens (including phenoxy) is 3. The van der Waals surface area contributed by atoms with E-state index in [2.05, 4.69) is 16.0 Å². The number of likely N-dealkylation sites (tertiary alicyclic amines) is 1. The third-order valence-electron chi connectivity index (χ3n) is 7.61. The maximum Gasteiger partial charge on any atom is 0.408 e. The molecule has 14 heteroatoms. The number of alkyl carbamates (subject to hydrolysis) is 1. The lowest BCUT2D eigenvalue weighted by molar-refractivity contribution is -0.197. The number of aliphatic hydroxyl groups excluding tert-OH is 1. The first-order valence-electron chi connectivity index (χ1n) is 15.2. The van der Waals surface area contributed by atoms with Gasteiger partial charge in [0.1, 0.15) is 18.7 Å². The number of benzene rings is 2. The molecule has 2 aromatic rings. The molecule has 0 spiro atoms. The van der Waals surface area contributed by atoms with Gasteiger partial charge in [0.05, 0.1) is 19.0 Å². The Bertz CT molecular complexity index is 1380. The first-order valence-corrected chi connectivity index (χ1v) is 15.2. The normalized spacial score (nSPS) is 17.6. The van der Waals surface area contributed by atoms with Gasteiger partial charge in [0.15, 0.2) is 11.9 Å². The maximum absolute atomic E-state index is 14.0. The quantitative estimate of drug-likeness (QED) is 0.182. The van der Waals surface area contributed by atoms with Gasteiger partial charge in [-0.05, 0) is 38.3 Å². The van der Waals surface area contributed by atoms with E-state index in [1.54, 1.807) is 81.4 Å². The second kappa shape index (κ2) is 16.3. The lowest BCUT2D eigenvalue weighted by Crippen LogP contribution is -2.59. The summed E-state index contributed by atoms with van der Waals surface area (Å²) in [6, 6.07) is 13.8. The van der Waals surface area contributed by atoms with Crippen LogP contribution >= 0.6 is 0 Å². The minimum Gasteiger partial charge on any atom is -0.445 e. The van der Waals surface area contributed by atoms with Gasteiger partial charge >= 0.3 is 6.09 Å². The summed E-state index contributed by atoms with van der Waals surface area (Å²) < 4.78 is 16.3. The number of aliphatic hydroxyl groups is 1. The summed E-state index contributed by atoms with van der Waals surface area (Å²) in [7, 11) is 2.78. The van der Waals surface area contributed by atoms with E-state index in [9.17, 15) is 29.1 Å². The Kier molecular flexibility index (Phi) is 12.8. The van der Waals surface area contributed by atoms with Gasteiger partial charge in [0.2, 0.25) is 17.7 Å². The summed E-state index contributed by atoms with van der Waals surface area (Å²) in [6.07, 6.45) is -3.46. The van der Waals surface area contributed by atoms with Gasteiger partial charge in [-0.1, -0.05) is 60.7 Å². The molecule has 2 aromatic carbocycles.